The van der Waals surface area contributed by atoms with Crippen molar-refractivity contribution >= 4 is 12.0 Å². The van der Waals surface area contributed by atoms with Gasteiger partial charge in [-0.1, -0.05) is 42.5 Å². The first-order valence-corrected chi connectivity index (χ1v) is 11.5. The van der Waals surface area contributed by atoms with Gasteiger partial charge in [0.25, 0.3) is 0 Å². The van der Waals surface area contributed by atoms with Crippen molar-refractivity contribution in [2.45, 2.75) is 51.1 Å². The van der Waals surface area contributed by atoms with Crippen LogP contribution in [-0.2, 0) is 17.8 Å². The van der Waals surface area contributed by atoms with E-state index in [1.165, 1.54) is 30.4 Å². The summed E-state index contributed by atoms with van der Waals surface area (Å²) in [5, 5.41) is 12.6. The normalized spacial score (nSPS) is 21.4. The van der Waals surface area contributed by atoms with Gasteiger partial charge in [0.15, 0.2) is 0 Å². The van der Waals surface area contributed by atoms with Crippen LogP contribution in [0.2, 0.25) is 0 Å². The average molecular weight is 414 g/mol. The maximum absolute atomic E-state index is 12.2. The van der Waals surface area contributed by atoms with Crippen molar-refractivity contribution < 1.29 is 4.79 Å². The lowest BCUT2D eigenvalue weighted by Crippen LogP contribution is -2.37. The predicted octanol–water partition coefficient (Wildman–Crippen LogP) is 4.69. The van der Waals surface area contributed by atoms with Crippen LogP contribution >= 0.6 is 0 Å². The quantitative estimate of drug-likeness (QED) is 0.699. The number of rotatable bonds is 6. The molecule has 0 saturated heterocycles. The molecule has 1 N–H and O–H groups in total. The van der Waals surface area contributed by atoms with E-state index in [9.17, 15) is 10.1 Å². The van der Waals surface area contributed by atoms with Gasteiger partial charge in [0.1, 0.15) is 0 Å². The average Bonchev–Trinajstić information content (AvgIpc) is 2.82. The molecule has 31 heavy (non-hydrogen) atoms. The van der Waals surface area contributed by atoms with Gasteiger partial charge in [-0.3, -0.25) is 9.69 Å². The van der Waals surface area contributed by atoms with Crippen molar-refractivity contribution in [2.24, 2.45) is 5.92 Å². The Kier molecular flexibility index (Phi) is 7.17. The summed E-state index contributed by atoms with van der Waals surface area (Å²) in [6.07, 6.45) is 10.3. The Labute approximate surface area is 185 Å². The van der Waals surface area contributed by atoms with Gasteiger partial charge in [-0.2, -0.15) is 5.26 Å². The molecule has 1 fully saturated rings. The molecular weight excluding hydrogens is 382 g/mol. The fraction of sp³-hybridized carbons (Fsp3) is 0.407. The molecule has 0 aromatic heterocycles. The number of nitriles is 1. The molecule has 0 radical (unpaired) electrons. The van der Waals surface area contributed by atoms with Crippen molar-refractivity contribution in [3.63, 3.8) is 0 Å². The van der Waals surface area contributed by atoms with E-state index in [1.807, 2.05) is 48.5 Å². The van der Waals surface area contributed by atoms with Crippen LogP contribution in [0.5, 0.6) is 0 Å². The Hall–Kier alpha value is -2.90. The third-order valence-corrected chi connectivity index (χ3v) is 6.75. The molecular formula is C27H31N3O. The standard InChI is InChI=1S/C27H31N3O/c28-19-24-8-4-7-23-16-18-30(20-26(23)24)17-15-22-9-12-25(13-10-22)29-27(31)14-11-21-5-2-1-3-6-21/h1-8,11,14,22,25H,9-10,12-13,15-18,20H2,(H,29,31)/b14-11+. The lowest BCUT2D eigenvalue weighted by Gasteiger charge is -2.33. The molecule has 4 nitrogen and oxygen atoms in total. The van der Waals surface area contributed by atoms with Gasteiger partial charge in [0, 0.05) is 25.2 Å². The molecule has 0 spiro atoms. The summed E-state index contributed by atoms with van der Waals surface area (Å²) in [6.45, 7) is 3.08. The topological polar surface area (TPSA) is 56.1 Å². The van der Waals surface area contributed by atoms with Gasteiger partial charge < -0.3 is 5.32 Å². The van der Waals surface area contributed by atoms with E-state index < -0.39 is 0 Å². The van der Waals surface area contributed by atoms with Crippen LogP contribution in [-0.4, -0.2) is 29.9 Å². The first kappa shape index (κ1) is 21.3. The lowest BCUT2D eigenvalue weighted by atomic mass is 9.83. The van der Waals surface area contributed by atoms with Crippen LogP contribution in [0.4, 0.5) is 0 Å². The number of nitrogens with zero attached hydrogens (tertiary/aromatic N) is 2. The van der Waals surface area contributed by atoms with Crippen LogP contribution < -0.4 is 5.32 Å². The van der Waals surface area contributed by atoms with Crippen LogP contribution in [0.15, 0.2) is 54.6 Å². The number of carbonyl (C=O) groups is 1. The summed E-state index contributed by atoms with van der Waals surface area (Å²) in [5.41, 5.74) is 4.45. The number of nitrogens with one attached hydrogen (secondary N) is 1. The Morgan fingerprint density at radius 3 is 2.68 bits per heavy atom. The van der Waals surface area contributed by atoms with E-state index in [1.54, 1.807) is 6.08 Å². The molecule has 0 bridgehead atoms. The predicted molar refractivity (Wildman–Crippen MR) is 124 cm³/mol. The minimum Gasteiger partial charge on any atom is -0.350 e. The highest BCUT2D eigenvalue weighted by molar-refractivity contribution is 5.91. The SMILES string of the molecule is N#Cc1cccc2c1CN(CCC1CCC(NC(=O)/C=C/c3ccccc3)CC1)CC2. The molecule has 1 aliphatic carbocycles. The largest absolute Gasteiger partial charge is 0.350 e. The molecule has 1 amide bonds. The first-order valence-electron chi connectivity index (χ1n) is 11.5. The van der Waals surface area contributed by atoms with Crippen molar-refractivity contribution in [1.29, 1.82) is 5.26 Å². The number of amides is 1. The van der Waals surface area contributed by atoms with E-state index in [0.29, 0.717) is 6.04 Å². The zero-order valence-corrected chi connectivity index (χ0v) is 18.1. The number of hydrogen-bond donors (Lipinski definition) is 1. The van der Waals surface area contributed by atoms with Crippen molar-refractivity contribution in [2.75, 3.05) is 13.1 Å². The molecule has 4 rings (SSSR count). The van der Waals surface area contributed by atoms with Gasteiger partial charge in [-0.05, 0) is 79.8 Å². The minimum absolute atomic E-state index is 0.00702. The van der Waals surface area contributed by atoms with Crippen LogP contribution in [0.1, 0.15) is 54.4 Å². The molecule has 2 aromatic rings. The Balaban J connectivity index is 1.18. The molecule has 0 unspecified atom stereocenters. The van der Waals surface area contributed by atoms with Gasteiger partial charge in [0.05, 0.1) is 11.6 Å². The van der Waals surface area contributed by atoms with Gasteiger partial charge in [-0.25, -0.2) is 0 Å². The highest BCUT2D eigenvalue weighted by atomic mass is 16.1. The smallest absolute Gasteiger partial charge is 0.244 e. The number of benzene rings is 2. The third-order valence-electron chi connectivity index (χ3n) is 6.75. The zero-order valence-electron chi connectivity index (χ0n) is 18.1. The summed E-state index contributed by atoms with van der Waals surface area (Å²) in [6, 6.07) is 18.7. The highest BCUT2D eigenvalue weighted by Gasteiger charge is 2.24. The maximum atomic E-state index is 12.2. The molecule has 1 aliphatic heterocycles. The van der Waals surface area contributed by atoms with Gasteiger partial charge in [-0.15, -0.1) is 0 Å². The summed E-state index contributed by atoms with van der Waals surface area (Å²) in [4.78, 5) is 14.7. The Morgan fingerprint density at radius 2 is 1.90 bits per heavy atom. The van der Waals surface area contributed by atoms with E-state index in [4.69, 9.17) is 0 Å². The Bertz CT molecular complexity index is 952. The van der Waals surface area contributed by atoms with E-state index in [2.05, 4.69) is 22.4 Å². The second-order valence-corrected chi connectivity index (χ2v) is 8.84. The molecule has 160 valence electrons. The monoisotopic (exact) mass is 413 g/mol. The third kappa shape index (κ3) is 5.83. The lowest BCUT2D eigenvalue weighted by molar-refractivity contribution is -0.117. The molecule has 2 aliphatic rings. The summed E-state index contributed by atoms with van der Waals surface area (Å²) in [7, 11) is 0. The van der Waals surface area contributed by atoms with Crippen molar-refractivity contribution in [3.8, 4) is 6.07 Å². The fourth-order valence-corrected chi connectivity index (χ4v) is 4.88. The van der Waals surface area contributed by atoms with E-state index >= 15 is 0 Å². The summed E-state index contributed by atoms with van der Waals surface area (Å²) >= 11 is 0. The highest BCUT2D eigenvalue weighted by Crippen LogP contribution is 2.28. The molecule has 0 atom stereocenters. The first-order chi connectivity index (χ1) is 15.2. The second kappa shape index (κ2) is 10.4. The van der Waals surface area contributed by atoms with Crippen molar-refractivity contribution in [1.82, 2.24) is 10.2 Å². The number of hydrogen-bond acceptors (Lipinski definition) is 3. The van der Waals surface area contributed by atoms with E-state index in [-0.39, 0.29) is 5.91 Å². The van der Waals surface area contributed by atoms with Crippen LogP contribution in [0.3, 0.4) is 0 Å². The number of fused-ring (bicyclic) bond motifs is 1. The minimum atomic E-state index is 0.00702. The van der Waals surface area contributed by atoms with Crippen LogP contribution in [0.25, 0.3) is 6.08 Å². The summed E-state index contributed by atoms with van der Waals surface area (Å²) < 4.78 is 0. The van der Waals surface area contributed by atoms with Gasteiger partial charge in [0.2, 0.25) is 5.91 Å². The Morgan fingerprint density at radius 1 is 1.10 bits per heavy atom. The fourth-order valence-electron chi connectivity index (χ4n) is 4.88. The molecule has 4 heteroatoms. The molecule has 1 heterocycles. The zero-order chi connectivity index (χ0) is 21.5. The number of carbonyl (C=O) groups excluding carboxylic acids is 1. The molecule has 1 saturated carbocycles. The second-order valence-electron chi connectivity index (χ2n) is 8.84. The van der Waals surface area contributed by atoms with Gasteiger partial charge >= 0.3 is 0 Å². The molecule has 2 aromatic carbocycles. The van der Waals surface area contributed by atoms with Crippen molar-refractivity contribution in [3.05, 3.63) is 76.9 Å². The summed E-state index contributed by atoms with van der Waals surface area (Å²) in [5.74, 6) is 0.744. The van der Waals surface area contributed by atoms with Crippen LogP contribution in [0, 0.1) is 17.2 Å². The van der Waals surface area contributed by atoms with E-state index in [0.717, 1.165) is 55.9 Å². The maximum Gasteiger partial charge on any atom is 0.244 e.